The summed E-state index contributed by atoms with van der Waals surface area (Å²) in [4.78, 5) is 5.06. The third-order valence-corrected chi connectivity index (χ3v) is 7.81. The lowest BCUT2D eigenvalue weighted by molar-refractivity contribution is 0.183. The summed E-state index contributed by atoms with van der Waals surface area (Å²) >= 11 is 0. The Labute approximate surface area is 203 Å². The minimum absolute atomic E-state index is 0.751. The number of fused-ring (bicyclic) bond motifs is 3. The molecule has 0 atom stereocenters. The number of nitrogens with zero attached hydrogens (tertiary/aromatic N) is 2. The largest absolute Gasteiger partial charge is 0.492 e. The van der Waals surface area contributed by atoms with Gasteiger partial charge in [-0.25, -0.2) is 0 Å². The van der Waals surface area contributed by atoms with Crippen LogP contribution in [0, 0.1) is 0 Å². The topological polar surface area (TPSA) is 24.9 Å². The van der Waals surface area contributed by atoms with Crippen molar-refractivity contribution in [3.05, 3.63) is 48.5 Å². The molecule has 4 nitrogen and oxygen atoms in total. The van der Waals surface area contributed by atoms with E-state index in [1.54, 1.807) is 0 Å². The normalized spacial score (nSPS) is 18.2. The fourth-order valence-corrected chi connectivity index (χ4v) is 5.97. The fourth-order valence-electron chi connectivity index (χ4n) is 5.97. The summed E-state index contributed by atoms with van der Waals surface area (Å²) in [6, 6.07) is 17.6. The quantitative estimate of drug-likeness (QED) is 0.314. The van der Waals surface area contributed by atoms with Gasteiger partial charge in [0, 0.05) is 23.9 Å². The number of hydrogen-bond acceptors (Lipinski definition) is 4. The van der Waals surface area contributed by atoms with E-state index in [4.69, 9.17) is 9.47 Å². The van der Waals surface area contributed by atoms with Crippen LogP contribution in [-0.2, 0) is 0 Å². The summed E-state index contributed by atoms with van der Waals surface area (Å²) in [6.07, 6.45) is 8.04. The van der Waals surface area contributed by atoms with Crippen LogP contribution in [0.1, 0.15) is 38.5 Å². The molecular formula is C30H36N2O2. The van der Waals surface area contributed by atoms with Crippen LogP contribution in [0.15, 0.2) is 48.5 Å². The van der Waals surface area contributed by atoms with E-state index in [0.29, 0.717) is 0 Å². The summed E-state index contributed by atoms with van der Waals surface area (Å²) in [5, 5.41) is 2.54. The van der Waals surface area contributed by atoms with Crippen LogP contribution in [0.2, 0.25) is 0 Å². The number of hydrogen-bond donors (Lipinski definition) is 0. The first-order valence-corrected chi connectivity index (χ1v) is 13.3. The van der Waals surface area contributed by atoms with Crippen molar-refractivity contribution in [2.45, 2.75) is 38.5 Å². The second kappa shape index (κ2) is 9.97. The number of likely N-dealkylation sites (tertiary alicyclic amines) is 2. The lowest BCUT2D eigenvalue weighted by Crippen LogP contribution is -2.33. The molecule has 3 aliphatic rings. The minimum atomic E-state index is 0.751. The maximum Gasteiger partial charge on any atom is 0.127 e. The van der Waals surface area contributed by atoms with E-state index >= 15 is 0 Å². The Kier molecular flexibility index (Phi) is 6.43. The number of rotatable bonds is 8. The van der Waals surface area contributed by atoms with E-state index in [9.17, 15) is 0 Å². The zero-order chi connectivity index (χ0) is 22.7. The van der Waals surface area contributed by atoms with Crippen molar-refractivity contribution in [3.8, 4) is 33.8 Å². The Bertz CT molecular complexity index is 1150. The highest BCUT2D eigenvalue weighted by Crippen LogP contribution is 2.50. The standard InChI is InChI=1S/C30H36N2O2/c1-3-14-31(15-4-1)18-20-33-23-10-11-24-25-8-7-9-27-29(13-12-26(30(25)27)28(24)22-23)34-21-19-32-16-5-2-6-17-32/h7-13,22H,1-6,14-21H2. The van der Waals surface area contributed by atoms with Gasteiger partial charge in [-0.15, -0.1) is 0 Å². The molecule has 2 saturated heterocycles. The molecule has 2 heterocycles. The van der Waals surface area contributed by atoms with E-state index in [2.05, 4.69) is 58.3 Å². The van der Waals surface area contributed by atoms with Gasteiger partial charge < -0.3 is 9.47 Å². The summed E-state index contributed by atoms with van der Waals surface area (Å²) in [5.41, 5.74) is 5.19. The molecule has 178 valence electrons. The first-order valence-electron chi connectivity index (χ1n) is 13.3. The van der Waals surface area contributed by atoms with Crippen molar-refractivity contribution in [2.24, 2.45) is 0 Å². The highest BCUT2D eigenvalue weighted by molar-refractivity contribution is 6.16. The number of ether oxygens (including phenoxy) is 2. The lowest BCUT2D eigenvalue weighted by Gasteiger charge is -2.26. The van der Waals surface area contributed by atoms with Crippen LogP contribution in [0.5, 0.6) is 11.5 Å². The second-order valence-corrected chi connectivity index (χ2v) is 10.0. The third-order valence-electron chi connectivity index (χ3n) is 7.81. The number of piperidine rings is 2. The van der Waals surface area contributed by atoms with Crippen molar-refractivity contribution in [1.82, 2.24) is 9.80 Å². The van der Waals surface area contributed by atoms with Gasteiger partial charge >= 0.3 is 0 Å². The molecule has 0 bridgehead atoms. The SMILES string of the molecule is c1cc2c3c(ccc(OCCN4CCCCC4)c3c1)-c1cc(OCCN3CCCCC3)ccc1-2. The summed E-state index contributed by atoms with van der Waals surface area (Å²) in [5.74, 6) is 1.97. The van der Waals surface area contributed by atoms with Gasteiger partial charge in [-0.2, -0.15) is 0 Å². The van der Waals surface area contributed by atoms with Crippen molar-refractivity contribution in [1.29, 1.82) is 0 Å². The van der Waals surface area contributed by atoms with Crippen LogP contribution in [-0.4, -0.2) is 62.3 Å². The minimum Gasteiger partial charge on any atom is -0.492 e. The highest BCUT2D eigenvalue weighted by atomic mass is 16.5. The molecule has 34 heavy (non-hydrogen) atoms. The maximum absolute atomic E-state index is 6.32. The summed E-state index contributed by atoms with van der Waals surface area (Å²) < 4.78 is 12.5. The van der Waals surface area contributed by atoms with Crippen molar-refractivity contribution in [2.75, 3.05) is 52.5 Å². The monoisotopic (exact) mass is 456 g/mol. The maximum atomic E-state index is 6.32. The molecule has 0 N–H and O–H groups in total. The first kappa shape index (κ1) is 21.9. The van der Waals surface area contributed by atoms with Gasteiger partial charge in [0.15, 0.2) is 0 Å². The Morgan fingerprint density at radius 1 is 0.588 bits per heavy atom. The molecule has 3 aromatic carbocycles. The molecule has 6 rings (SSSR count). The molecule has 2 aliphatic heterocycles. The molecule has 0 unspecified atom stereocenters. The van der Waals surface area contributed by atoms with Gasteiger partial charge in [0.1, 0.15) is 24.7 Å². The van der Waals surface area contributed by atoms with E-state index in [0.717, 1.165) is 37.8 Å². The first-order chi connectivity index (χ1) is 16.9. The average Bonchev–Trinajstić information content (AvgIpc) is 3.21. The molecule has 3 aromatic rings. The molecular weight excluding hydrogens is 420 g/mol. The molecule has 0 amide bonds. The number of benzene rings is 3. The van der Waals surface area contributed by atoms with Crippen LogP contribution < -0.4 is 9.47 Å². The van der Waals surface area contributed by atoms with E-state index in [1.807, 2.05) is 0 Å². The van der Waals surface area contributed by atoms with Gasteiger partial charge in [-0.1, -0.05) is 43.2 Å². The Morgan fingerprint density at radius 3 is 1.97 bits per heavy atom. The van der Waals surface area contributed by atoms with Gasteiger partial charge in [0.05, 0.1) is 0 Å². The third kappa shape index (κ3) is 4.42. The van der Waals surface area contributed by atoms with Crippen LogP contribution in [0.4, 0.5) is 0 Å². The van der Waals surface area contributed by atoms with E-state index in [1.165, 1.54) is 97.7 Å². The molecule has 0 spiro atoms. The zero-order valence-corrected chi connectivity index (χ0v) is 20.2. The van der Waals surface area contributed by atoms with Gasteiger partial charge in [-0.05, 0) is 92.3 Å². The zero-order valence-electron chi connectivity index (χ0n) is 20.2. The van der Waals surface area contributed by atoms with E-state index in [-0.39, 0.29) is 0 Å². The fraction of sp³-hybridized carbons (Fsp3) is 0.467. The Hall–Kier alpha value is -2.56. The smallest absolute Gasteiger partial charge is 0.127 e. The van der Waals surface area contributed by atoms with Crippen LogP contribution >= 0.6 is 0 Å². The molecule has 1 aliphatic carbocycles. The molecule has 0 aromatic heterocycles. The summed E-state index contributed by atoms with van der Waals surface area (Å²) in [7, 11) is 0. The van der Waals surface area contributed by atoms with Crippen molar-refractivity contribution < 1.29 is 9.47 Å². The van der Waals surface area contributed by atoms with Gasteiger partial charge in [0.2, 0.25) is 0 Å². The summed E-state index contributed by atoms with van der Waals surface area (Å²) in [6.45, 7) is 8.40. The predicted octanol–water partition coefficient (Wildman–Crippen LogP) is 6.22. The average molecular weight is 457 g/mol. The molecule has 0 saturated carbocycles. The predicted molar refractivity (Wildman–Crippen MR) is 140 cm³/mol. The Morgan fingerprint density at radius 2 is 1.24 bits per heavy atom. The molecule has 4 heteroatoms. The Balaban J connectivity index is 1.18. The highest BCUT2D eigenvalue weighted by Gasteiger charge is 2.23. The van der Waals surface area contributed by atoms with E-state index < -0.39 is 0 Å². The van der Waals surface area contributed by atoms with Crippen LogP contribution in [0.3, 0.4) is 0 Å². The lowest BCUT2D eigenvalue weighted by atomic mass is 10.0. The molecule has 2 fully saturated rings. The van der Waals surface area contributed by atoms with Gasteiger partial charge in [-0.3, -0.25) is 9.80 Å². The molecule has 0 radical (unpaired) electrons. The van der Waals surface area contributed by atoms with Crippen LogP contribution in [0.25, 0.3) is 33.0 Å². The second-order valence-electron chi connectivity index (χ2n) is 10.0. The van der Waals surface area contributed by atoms with Crippen molar-refractivity contribution >= 4 is 10.8 Å². The van der Waals surface area contributed by atoms with Gasteiger partial charge in [0.25, 0.3) is 0 Å². The van der Waals surface area contributed by atoms with Crippen molar-refractivity contribution in [3.63, 3.8) is 0 Å².